The Balaban J connectivity index is 2.21. The quantitative estimate of drug-likeness (QED) is 0.650. The van der Waals surface area contributed by atoms with E-state index in [1.807, 2.05) is 0 Å². The first-order valence-corrected chi connectivity index (χ1v) is 7.14. The highest BCUT2D eigenvalue weighted by atomic mass is 15.2. The Morgan fingerprint density at radius 3 is 2.44 bits per heavy atom. The molecule has 1 aliphatic rings. The summed E-state index contributed by atoms with van der Waals surface area (Å²) in [6, 6.07) is 1.38. The lowest BCUT2D eigenvalue weighted by Gasteiger charge is -2.30. The highest BCUT2D eigenvalue weighted by molar-refractivity contribution is 4.80. The summed E-state index contributed by atoms with van der Waals surface area (Å²) in [6.07, 6.45) is 5.44. The van der Waals surface area contributed by atoms with E-state index in [1.54, 1.807) is 0 Å². The predicted octanol–water partition coefficient (Wildman–Crippen LogP) is 2.89. The Kier molecular flexibility index (Phi) is 6.37. The van der Waals surface area contributed by atoms with E-state index in [4.69, 9.17) is 0 Å². The summed E-state index contributed by atoms with van der Waals surface area (Å²) in [6.45, 7) is 12.9. The summed E-state index contributed by atoms with van der Waals surface area (Å²) in [4.78, 5) is 2.65. The van der Waals surface area contributed by atoms with E-state index in [0.717, 1.165) is 18.5 Å². The topological polar surface area (TPSA) is 15.3 Å². The molecule has 2 atom stereocenters. The van der Waals surface area contributed by atoms with E-state index < -0.39 is 0 Å². The zero-order valence-electron chi connectivity index (χ0n) is 11.6. The van der Waals surface area contributed by atoms with Crippen molar-refractivity contribution in [3.63, 3.8) is 0 Å². The summed E-state index contributed by atoms with van der Waals surface area (Å²) in [5, 5.41) is 3.58. The molecule has 0 heterocycles. The zero-order valence-corrected chi connectivity index (χ0v) is 11.6. The van der Waals surface area contributed by atoms with Crippen LogP contribution in [0.2, 0.25) is 0 Å². The first kappa shape index (κ1) is 14.0. The first-order chi connectivity index (χ1) is 7.67. The van der Waals surface area contributed by atoms with Gasteiger partial charge in [-0.15, -0.1) is 0 Å². The van der Waals surface area contributed by atoms with Crippen molar-refractivity contribution in [2.75, 3.05) is 19.6 Å². The fourth-order valence-corrected chi connectivity index (χ4v) is 2.39. The maximum atomic E-state index is 3.58. The van der Waals surface area contributed by atoms with E-state index in [2.05, 4.69) is 37.9 Å². The van der Waals surface area contributed by atoms with Gasteiger partial charge in [-0.05, 0) is 58.5 Å². The van der Waals surface area contributed by atoms with Gasteiger partial charge in [-0.1, -0.05) is 13.8 Å². The van der Waals surface area contributed by atoms with Crippen LogP contribution in [0.15, 0.2) is 0 Å². The summed E-state index contributed by atoms with van der Waals surface area (Å²) in [5.74, 6) is 1.02. The smallest absolute Gasteiger partial charge is 0.00816 e. The normalized spacial score (nSPS) is 20.1. The number of rotatable bonds is 9. The van der Waals surface area contributed by atoms with Gasteiger partial charge in [0.2, 0.25) is 0 Å². The summed E-state index contributed by atoms with van der Waals surface area (Å²) < 4.78 is 0. The van der Waals surface area contributed by atoms with Gasteiger partial charge in [0.25, 0.3) is 0 Å². The molecule has 0 saturated heterocycles. The third-order valence-electron chi connectivity index (χ3n) is 3.66. The lowest BCUT2D eigenvalue weighted by Crippen LogP contribution is -2.39. The summed E-state index contributed by atoms with van der Waals surface area (Å²) in [5.41, 5.74) is 0. The second-order valence-electron chi connectivity index (χ2n) is 5.47. The molecule has 0 spiro atoms. The lowest BCUT2D eigenvalue weighted by molar-refractivity contribution is 0.190. The standard InChI is InChI=1S/C14H30N2/c1-5-9-15-12(3)10-13(4)16(6-2)11-14-7-8-14/h12-15H,5-11H2,1-4H3. The van der Waals surface area contributed by atoms with Crippen molar-refractivity contribution in [2.45, 2.75) is 65.5 Å². The zero-order chi connectivity index (χ0) is 12.0. The fraction of sp³-hybridized carbons (Fsp3) is 1.00. The van der Waals surface area contributed by atoms with Gasteiger partial charge in [0.05, 0.1) is 0 Å². The van der Waals surface area contributed by atoms with Crippen LogP contribution in [0.5, 0.6) is 0 Å². The summed E-state index contributed by atoms with van der Waals surface area (Å²) >= 11 is 0. The Bertz CT molecular complexity index is 178. The van der Waals surface area contributed by atoms with Crippen LogP contribution >= 0.6 is 0 Å². The van der Waals surface area contributed by atoms with Gasteiger partial charge in [0, 0.05) is 18.6 Å². The third-order valence-corrected chi connectivity index (χ3v) is 3.66. The van der Waals surface area contributed by atoms with Crippen LogP contribution in [0.1, 0.15) is 53.4 Å². The Labute approximate surface area is 102 Å². The van der Waals surface area contributed by atoms with Crippen LogP contribution in [-0.4, -0.2) is 36.6 Å². The number of hydrogen-bond acceptors (Lipinski definition) is 2. The molecular weight excluding hydrogens is 196 g/mol. The van der Waals surface area contributed by atoms with Crippen molar-refractivity contribution in [1.82, 2.24) is 10.2 Å². The van der Waals surface area contributed by atoms with Crippen LogP contribution in [-0.2, 0) is 0 Å². The molecule has 1 rings (SSSR count). The van der Waals surface area contributed by atoms with Gasteiger partial charge in [-0.2, -0.15) is 0 Å². The van der Waals surface area contributed by atoms with Crippen LogP contribution < -0.4 is 5.32 Å². The second kappa shape index (κ2) is 7.29. The van der Waals surface area contributed by atoms with E-state index in [1.165, 1.54) is 38.8 Å². The Morgan fingerprint density at radius 2 is 1.94 bits per heavy atom. The molecule has 1 fully saturated rings. The average Bonchev–Trinajstić information content (AvgIpc) is 3.06. The van der Waals surface area contributed by atoms with E-state index in [9.17, 15) is 0 Å². The molecule has 2 heteroatoms. The second-order valence-corrected chi connectivity index (χ2v) is 5.47. The van der Waals surface area contributed by atoms with Crippen molar-refractivity contribution >= 4 is 0 Å². The minimum absolute atomic E-state index is 0.656. The molecule has 0 aromatic carbocycles. The predicted molar refractivity (Wildman–Crippen MR) is 71.8 cm³/mol. The maximum absolute atomic E-state index is 3.58. The van der Waals surface area contributed by atoms with E-state index in [0.29, 0.717) is 6.04 Å². The highest BCUT2D eigenvalue weighted by Gasteiger charge is 2.26. The molecular formula is C14H30N2. The van der Waals surface area contributed by atoms with Crippen molar-refractivity contribution in [1.29, 1.82) is 0 Å². The van der Waals surface area contributed by atoms with Crippen molar-refractivity contribution < 1.29 is 0 Å². The molecule has 1 aliphatic carbocycles. The fourth-order valence-electron chi connectivity index (χ4n) is 2.39. The molecule has 0 aromatic rings. The van der Waals surface area contributed by atoms with Crippen LogP contribution in [0, 0.1) is 5.92 Å². The molecule has 0 bridgehead atoms. The largest absolute Gasteiger partial charge is 0.314 e. The molecule has 16 heavy (non-hydrogen) atoms. The van der Waals surface area contributed by atoms with E-state index in [-0.39, 0.29) is 0 Å². The SMILES string of the molecule is CCCNC(C)CC(C)N(CC)CC1CC1. The van der Waals surface area contributed by atoms with Gasteiger partial charge in [0.15, 0.2) is 0 Å². The van der Waals surface area contributed by atoms with Gasteiger partial charge in [0.1, 0.15) is 0 Å². The molecule has 0 aliphatic heterocycles. The maximum Gasteiger partial charge on any atom is 0.00816 e. The molecule has 96 valence electrons. The van der Waals surface area contributed by atoms with Crippen molar-refractivity contribution in [3.05, 3.63) is 0 Å². The summed E-state index contributed by atoms with van der Waals surface area (Å²) in [7, 11) is 0. The number of nitrogens with zero attached hydrogens (tertiary/aromatic N) is 1. The van der Waals surface area contributed by atoms with E-state index >= 15 is 0 Å². The molecule has 0 amide bonds. The molecule has 1 saturated carbocycles. The van der Waals surface area contributed by atoms with Crippen LogP contribution in [0.4, 0.5) is 0 Å². The minimum atomic E-state index is 0.656. The molecule has 1 N–H and O–H groups in total. The van der Waals surface area contributed by atoms with Crippen LogP contribution in [0.25, 0.3) is 0 Å². The Morgan fingerprint density at radius 1 is 1.25 bits per heavy atom. The van der Waals surface area contributed by atoms with Crippen molar-refractivity contribution in [2.24, 2.45) is 5.92 Å². The van der Waals surface area contributed by atoms with Gasteiger partial charge in [-0.3, -0.25) is 0 Å². The van der Waals surface area contributed by atoms with Gasteiger partial charge in [-0.25, -0.2) is 0 Å². The molecule has 2 nitrogen and oxygen atoms in total. The first-order valence-electron chi connectivity index (χ1n) is 7.14. The Hall–Kier alpha value is -0.0800. The molecule has 0 radical (unpaired) electrons. The molecule has 2 unspecified atom stereocenters. The van der Waals surface area contributed by atoms with Gasteiger partial charge >= 0.3 is 0 Å². The van der Waals surface area contributed by atoms with Crippen LogP contribution in [0.3, 0.4) is 0 Å². The number of nitrogens with one attached hydrogen (secondary N) is 1. The number of hydrogen-bond donors (Lipinski definition) is 1. The van der Waals surface area contributed by atoms with Crippen molar-refractivity contribution in [3.8, 4) is 0 Å². The lowest BCUT2D eigenvalue weighted by atomic mass is 10.1. The average molecular weight is 226 g/mol. The third kappa shape index (κ3) is 5.31. The monoisotopic (exact) mass is 226 g/mol. The minimum Gasteiger partial charge on any atom is -0.314 e. The van der Waals surface area contributed by atoms with Gasteiger partial charge < -0.3 is 10.2 Å². The molecule has 0 aromatic heterocycles. The highest BCUT2D eigenvalue weighted by Crippen LogP contribution is 2.30.